The fraction of sp³-hybridized carbons (Fsp3) is 0.714. The van der Waals surface area contributed by atoms with Crippen LogP contribution in [0.15, 0.2) is 23.0 Å². The zero-order valence-corrected chi connectivity index (χ0v) is 17.8. The summed E-state index contributed by atoms with van der Waals surface area (Å²) in [5, 5.41) is 7.12. The van der Waals surface area contributed by atoms with E-state index in [0.717, 1.165) is 58.5 Å². The number of ether oxygens (including phenoxy) is 2. The predicted octanol–water partition coefficient (Wildman–Crippen LogP) is 2.53. The molecule has 3 fully saturated rings. The number of nitrogens with zero attached hydrogens (tertiary/aromatic N) is 2. The van der Waals surface area contributed by atoms with Crippen molar-refractivity contribution in [1.29, 1.82) is 0 Å². The van der Waals surface area contributed by atoms with Crippen LogP contribution in [0.3, 0.4) is 0 Å². The van der Waals surface area contributed by atoms with Gasteiger partial charge in [0.25, 0.3) is 0 Å². The van der Waals surface area contributed by atoms with Gasteiger partial charge in [0.2, 0.25) is 5.91 Å². The minimum absolute atomic E-state index is 0.144. The molecule has 1 aromatic heterocycles. The van der Waals surface area contributed by atoms with Gasteiger partial charge in [-0.15, -0.1) is 0 Å². The van der Waals surface area contributed by atoms with Gasteiger partial charge in [0, 0.05) is 37.8 Å². The Kier molecular flexibility index (Phi) is 8.55. The Morgan fingerprint density at radius 2 is 1.91 bits per heavy atom. The van der Waals surface area contributed by atoms with Crippen LogP contribution < -0.4 is 0 Å². The van der Waals surface area contributed by atoms with E-state index in [1.807, 2.05) is 17.2 Å². The fourth-order valence-electron chi connectivity index (χ4n) is 4.45. The molecule has 1 saturated carbocycles. The van der Waals surface area contributed by atoms with Gasteiger partial charge >= 0.3 is 12.1 Å². The Morgan fingerprint density at radius 3 is 2.53 bits per heavy atom. The molecule has 4 rings (SSSR count). The van der Waals surface area contributed by atoms with E-state index >= 15 is 0 Å². The van der Waals surface area contributed by atoms with Gasteiger partial charge < -0.3 is 23.9 Å². The van der Waals surface area contributed by atoms with Crippen molar-refractivity contribution in [3.63, 3.8) is 0 Å². The van der Waals surface area contributed by atoms with Crippen LogP contribution in [0, 0.1) is 5.92 Å². The molecule has 3 aliphatic rings. The van der Waals surface area contributed by atoms with Crippen LogP contribution >= 0.6 is 0 Å². The van der Waals surface area contributed by atoms with Gasteiger partial charge in [0.1, 0.15) is 6.61 Å². The van der Waals surface area contributed by atoms with E-state index in [1.54, 1.807) is 6.26 Å². The van der Waals surface area contributed by atoms with E-state index in [9.17, 15) is 18.0 Å². The summed E-state index contributed by atoms with van der Waals surface area (Å²) >= 11 is 0. The number of rotatable bonds is 6. The number of morpholine rings is 1. The first-order chi connectivity index (χ1) is 15.2. The maximum absolute atomic E-state index is 12.1. The summed E-state index contributed by atoms with van der Waals surface area (Å²) in [6.07, 6.45) is 3.14. The second kappa shape index (κ2) is 11.2. The Balaban J connectivity index is 0.000000360. The summed E-state index contributed by atoms with van der Waals surface area (Å²) in [5.41, 5.74) is 1.22. The van der Waals surface area contributed by atoms with Gasteiger partial charge in [-0.1, -0.05) is 0 Å². The first-order valence-electron chi connectivity index (χ1n) is 10.8. The smallest absolute Gasteiger partial charge is 0.475 e. The van der Waals surface area contributed by atoms with Crippen LogP contribution in [0.25, 0.3) is 0 Å². The summed E-state index contributed by atoms with van der Waals surface area (Å²) in [7, 11) is 0. The van der Waals surface area contributed by atoms with E-state index in [0.29, 0.717) is 24.7 Å². The highest BCUT2D eigenvalue weighted by atomic mass is 19.4. The molecule has 1 amide bonds. The van der Waals surface area contributed by atoms with E-state index < -0.39 is 12.1 Å². The number of likely N-dealkylation sites (tertiary alicyclic amines) is 1. The number of halogens is 3. The van der Waals surface area contributed by atoms with E-state index in [2.05, 4.69) is 4.90 Å². The molecule has 8 nitrogen and oxygen atoms in total. The van der Waals surface area contributed by atoms with Crippen molar-refractivity contribution >= 4 is 11.9 Å². The third kappa shape index (κ3) is 6.94. The van der Waals surface area contributed by atoms with Crippen molar-refractivity contribution in [2.24, 2.45) is 5.92 Å². The number of furan rings is 1. The largest absolute Gasteiger partial charge is 0.490 e. The van der Waals surface area contributed by atoms with Gasteiger partial charge in [0.05, 0.1) is 31.8 Å². The van der Waals surface area contributed by atoms with Gasteiger partial charge in [-0.05, 0) is 37.7 Å². The average Bonchev–Trinajstić information content (AvgIpc) is 3.49. The maximum atomic E-state index is 12.1. The van der Waals surface area contributed by atoms with Gasteiger partial charge in [0.15, 0.2) is 0 Å². The lowest BCUT2D eigenvalue weighted by Crippen LogP contribution is -2.47. The molecule has 3 unspecified atom stereocenters. The molecule has 3 heterocycles. The van der Waals surface area contributed by atoms with Crippen LogP contribution in [0.5, 0.6) is 0 Å². The highest BCUT2D eigenvalue weighted by Gasteiger charge is 2.41. The minimum atomic E-state index is -5.08. The molecule has 0 radical (unpaired) electrons. The number of carbonyl (C=O) groups excluding carboxylic acids is 1. The number of carbonyl (C=O) groups is 2. The first kappa shape index (κ1) is 24.5. The molecule has 32 heavy (non-hydrogen) atoms. The van der Waals surface area contributed by atoms with Crippen molar-refractivity contribution in [2.75, 3.05) is 39.5 Å². The number of alkyl halides is 3. The fourth-order valence-corrected chi connectivity index (χ4v) is 4.45. The monoisotopic (exact) mass is 462 g/mol. The Labute approximate surface area is 184 Å². The molecule has 180 valence electrons. The minimum Gasteiger partial charge on any atom is -0.475 e. The topological polar surface area (TPSA) is 92.5 Å². The van der Waals surface area contributed by atoms with Gasteiger partial charge in [-0.25, -0.2) is 4.79 Å². The highest BCUT2D eigenvalue weighted by Crippen LogP contribution is 2.35. The molecular formula is C21H29F3N2O6. The van der Waals surface area contributed by atoms with Crippen LogP contribution in [-0.4, -0.2) is 84.6 Å². The van der Waals surface area contributed by atoms with Gasteiger partial charge in [-0.3, -0.25) is 9.69 Å². The standard InChI is InChI=1S/C19H28N2O4.C2HF3O2/c22-19(20-4-1-2-5-20)14-24-13-16-9-17-18(10-16)25-8-6-21(17)11-15-3-7-23-12-15;3-2(4,5)1(6)7/h3,7,12,16-18H,1-2,4-6,8-11,13-14H2;(H,6,7). The number of carboxylic acid groups (broad SMARTS) is 1. The van der Waals surface area contributed by atoms with Crippen LogP contribution in [0.1, 0.15) is 31.2 Å². The number of fused-ring (bicyclic) bond motifs is 1. The van der Waals surface area contributed by atoms with Crippen molar-refractivity contribution in [1.82, 2.24) is 9.80 Å². The third-order valence-electron chi connectivity index (χ3n) is 6.00. The molecule has 1 N–H and O–H groups in total. The molecule has 2 aliphatic heterocycles. The lowest BCUT2D eigenvalue weighted by atomic mass is 10.1. The third-order valence-corrected chi connectivity index (χ3v) is 6.00. The average molecular weight is 462 g/mol. The lowest BCUT2D eigenvalue weighted by molar-refractivity contribution is -0.192. The van der Waals surface area contributed by atoms with E-state index in [1.165, 1.54) is 5.56 Å². The quantitative estimate of drug-likeness (QED) is 0.695. The zero-order valence-electron chi connectivity index (χ0n) is 17.8. The molecule has 1 aliphatic carbocycles. The first-order valence-corrected chi connectivity index (χ1v) is 10.8. The molecule has 0 aromatic carbocycles. The molecule has 3 atom stereocenters. The molecule has 2 saturated heterocycles. The predicted molar refractivity (Wildman–Crippen MR) is 106 cm³/mol. The zero-order chi connectivity index (χ0) is 23.1. The molecule has 0 spiro atoms. The summed E-state index contributed by atoms with van der Waals surface area (Å²) < 4.78 is 48.7. The number of aliphatic carboxylic acids is 1. The summed E-state index contributed by atoms with van der Waals surface area (Å²) in [6, 6.07) is 2.48. The summed E-state index contributed by atoms with van der Waals surface area (Å²) in [4.78, 5) is 25.4. The number of amides is 1. The van der Waals surface area contributed by atoms with Gasteiger partial charge in [-0.2, -0.15) is 13.2 Å². The van der Waals surface area contributed by atoms with Crippen molar-refractivity contribution < 1.29 is 41.8 Å². The summed E-state index contributed by atoms with van der Waals surface area (Å²) in [6.45, 7) is 5.36. The van der Waals surface area contributed by atoms with Crippen LogP contribution in [-0.2, 0) is 25.6 Å². The molecule has 1 aromatic rings. The second-order valence-electron chi connectivity index (χ2n) is 8.32. The Morgan fingerprint density at radius 1 is 1.19 bits per heavy atom. The number of hydrogen-bond acceptors (Lipinski definition) is 6. The highest BCUT2D eigenvalue weighted by molar-refractivity contribution is 5.77. The van der Waals surface area contributed by atoms with E-state index in [4.69, 9.17) is 23.8 Å². The Hall–Kier alpha value is -2.11. The molecule has 0 bridgehead atoms. The molecule has 11 heteroatoms. The second-order valence-corrected chi connectivity index (χ2v) is 8.32. The lowest BCUT2D eigenvalue weighted by Gasteiger charge is -2.37. The van der Waals surface area contributed by atoms with Crippen molar-refractivity contribution in [3.8, 4) is 0 Å². The summed E-state index contributed by atoms with van der Waals surface area (Å²) in [5.74, 6) is -2.13. The maximum Gasteiger partial charge on any atom is 0.490 e. The SMILES string of the molecule is O=C(COCC1CC2OCCN(Cc3ccoc3)C2C1)N1CCCC1.O=C(O)C(F)(F)F. The van der Waals surface area contributed by atoms with Crippen molar-refractivity contribution in [2.45, 2.75) is 50.6 Å². The normalized spacial score (nSPS) is 25.8. The Bertz CT molecular complexity index is 736. The van der Waals surface area contributed by atoms with Crippen molar-refractivity contribution in [3.05, 3.63) is 24.2 Å². The molecular weight excluding hydrogens is 433 g/mol. The van der Waals surface area contributed by atoms with E-state index in [-0.39, 0.29) is 12.5 Å². The number of hydrogen-bond donors (Lipinski definition) is 1. The number of carboxylic acids is 1. The van der Waals surface area contributed by atoms with Crippen LogP contribution in [0.4, 0.5) is 13.2 Å². The van der Waals surface area contributed by atoms with Crippen LogP contribution in [0.2, 0.25) is 0 Å².